The van der Waals surface area contributed by atoms with E-state index in [1.807, 2.05) is 0 Å². The molecule has 0 bridgehead atoms. The Morgan fingerprint density at radius 2 is 1.68 bits per heavy atom. The maximum absolute atomic E-state index is 12.1. The van der Waals surface area contributed by atoms with Crippen molar-refractivity contribution in [3.63, 3.8) is 0 Å². The molecule has 0 N–H and O–H groups in total. The Bertz CT molecular complexity index is 658. The fraction of sp³-hybridized carbons (Fsp3) is 0.938. The van der Waals surface area contributed by atoms with E-state index in [4.69, 9.17) is 4.74 Å². The van der Waals surface area contributed by atoms with Crippen molar-refractivity contribution in [1.82, 2.24) is 4.90 Å². The van der Waals surface area contributed by atoms with E-state index in [1.54, 1.807) is 11.8 Å². The van der Waals surface area contributed by atoms with E-state index in [2.05, 4.69) is 0 Å². The smallest absolute Gasteiger partial charge is 0.222 e. The second kappa shape index (κ2) is 8.81. The van der Waals surface area contributed by atoms with Gasteiger partial charge in [-0.1, -0.05) is 6.92 Å². The van der Waals surface area contributed by atoms with Gasteiger partial charge in [0.25, 0.3) is 0 Å². The van der Waals surface area contributed by atoms with E-state index in [0.717, 1.165) is 19.3 Å². The van der Waals surface area contributed by atoms with Gasteiger partial charge in [0.1, 0.15) is 0 Å². The van der Waals surface area contributed by atoms with Crippen molar-refractivity contribution in [2.75, 3.05) is 36.2 Å². The Morgan fingerprint density at radius 1 is 1.00 bits per heavy atom. The number of rotatable bonds is 9. The molecule has 2 rings (SSSR count). The number of unbranched alkanes of at least 4 members (excludes halogenated alkanes) is 2. The van der Waals surface area contributed by atoms with Crippen molar-refractivity contribution in [3.8, 4) is 0 Å². The zero-order valence-corrected chi connectivity index (χ0v) is 16.5. The number of ether oxygens (including phenoxy) is 1. The van der Waals surface area contributed by atoms with Gasteiger partial charge >= 0.3 is 0 Å². The largest absolute Gasteiger partial charge is 0.377 e. The highest BCUT2D eigenvalue weighted by atomic mass is 32.2. The molecule has 0 aromatic heterocycles. The lowest BCUT2D eigenvalue weighted by Gasteiger charge is -2.28. The van der Waals surface area contributed by atoms with Gasteiger partial charge < -0.3 is 9.64 Å². The molecule has 25 heavy (non-hydrogen) atoms. The number of amides is 1. The van der Waals surface area contributed by atoms with Crippen LogP contribution in [0.5, 0.6) is 0 Å². The monoisotopic (exact) mass is 395 g/mol. The highest BCUT2D eigenvalue weighted by Gasteiger charge is 2.33. The van der Waals surface area contributed by atoms with Gasteiger partial charge in [-0.2, -0.15) is 0 Å². The van der Waals surface area contributed by atoms with Gasteiger partial charge in [0.05, 0.1) is 29.1 Å². The molecule has 0 aromatic carbocycles. The van der Waals surface area contributed by atoms with E-state index < -0.39 is 19.7 Å². The summed E-state index contributed by atoms with van der Waals surface area (Å²) in [7, 11) is -5.91. The topological polar surface area (TPSA) is 97.8 Å². The molecular weight excluding hydrogens is 366 g/mol. The third-order valence-corrected chi connectivity index (χ3v) is 8.35. The summed E-state index contributed by atoms with van der Waals surface area (Å²) in [5, 5.41) is 0. The Labute approximate surface area is 150 Å². The minimum absolute atomic E-state index is 0.00881. The lowest BCUT2D eigenvalue weighted by atomic mass is 10.1. The second-order valence-electron chi connectivity index (χ2n) is 6.95. The number of sulfone groups is 2. The minimum Gasteiger partial charge on any atom is -0.377 e. The maximum atomic E-state index is 12.1. The van der Waals surface area contributed by atoms with Crippen LogP contribution in [0.25, 0.3) is 0 Å². The highest BCUT2D eigenvalue weighted by Crippen LogP contribution is 2.20. The standard InChI is InChI=1S/C16H29NO6S2/c1-2-16(18)17(14-6-10-24(19,20)12-14)8-4-3-5-9-23-15-7-11-25(21,22)13-15/h14-15H,2-13H2,1H3. The van der Waals surface area contributed by atoms with Crippen LogP contribution in [-0.2, 0) is 29.2 Å². The minimum atomic E-state index is -3.00. The van der Waals surface area contributed by atoms with Crippen molar-refractivity contribution in [3.05, 3.63) is 0 Å². The van der Waals surface area contributed by atoms with Gasteiger partial charge in [-0.15, -0.1) is 0 Å². The fourth-order valence-electron chi connectivity index (χ4n) is 3.44. The van der Waals surface area contributed by atoms with Gasteiger partial charge in [-0.3, -0.25) is 4.79 Å². The van der Waals surface area contributed by atoms with Crippen LogP contribution in [0.3, 0.4) is 0 Å². The lowest BCUT2D eigenvalue weighted by Crippen LogP contribution is -2.41. The number of hydrogen-bond acceptors (Lipinski definition) is 6. The summed E-state index contributed by atoms with van der Waals surface area (Å²) in [6.45, 7) is 2.90. The molecule has 2 unspecified atom stereocenters. The zero-order chi connectivity index (χ0) is 18.5. The average Bonchev–Trinajstić information content (AvgIpc) is 3.07. The summed E-state index contributed by atoms with van der Waals surface area (Å²) in [5.74, 6) is 0.605. The molecule has 0 aliphatic carbocycles. The molecule has 1 amide bonds. The predicted molar refractivity (Wildman–Crippen MR) is 95.9 cm³/mol. The van der Waals surface area contributed by atoms with Crippen LogP contribution in [0.15, 0.2) is 0 Å². The predicted octanol–water partition coefficient (Wildman–Crippen LogP) is 0.786. The fourth-order valence-corrected chi connectivity index (χ4v) is 6.79. The van der Waals surface area contributed by atoms with E-state index in [-0.39, 0.29) is 41.1 Å². The molecule has 0 radical (unpaired) electrons. The number of carbonyl (C=O) groups is 1. The van der Waals surface area contributed by atoms with Crippen LogP contribution < -0.4 is 0 Å². The van der Waals surface area contributed by atoms with Crippen LogP contribution >= 0.6 is 0 Å². The van der Waals surface area contributed by atoms with Gasteiger partial charge in [-0.25, -0.2) is 16.8 Å². The summed E-state index contributed by atoms with van der Waals surface area (Å²) in [5.41, 5.74) is 0. The molecule has 0 saturated carbocycles. The summed E-state index contributed by atoms with van der Waals surface area (Å²) in [6, 6.07) is -0.183. The van der Waals surface area contributed by atoms with E-state index >= 15 is 0 Å². The van der Waals surface area contributed by atoms with E-state index in [1.165, 1.54) is 0 Å². The van der Waals surface area contributed by atoms with Crippen LogP contribution in [0.4, 0.5) is 0 Å². The molecule has 2 saturated heterocycles. The highest BCUT2D eigenvalue weighted by molar-refractivity contribution is 7.91. The van der Waals surface area contributed by atoms with Gasteiger partial charge in [-0.05, 0) is 32.1 Å². The maximum Gasteiger partial charge on any atom is 0.222 e. The first-order valence-electron chi connectivity index (χ1n) is 9.04. The second-order valence-corrected chi connectivity index (χ2v) is 11.4. The summed E-state index contributed by atoms with van der Waals surface area (Å²) in [6.07, 6.45) is 3.81. The van der Waals surface area contributed by atoms with Gasteiger partial charge in [0, 0.05) is 25.6 Å². The normalized spacial score (nSPS) is 27.4. The molecule has 2 fully saturated rings. The summed E-state index contributed by atoms with van der Waals surface area (Å²) < 4.78 is 51.6. The van der Waals surface area contributed by atoms with Crippen molar-refractivity contribution in [1.29, 1.82) is 0 Å². The quantitative estimate of drug-likeness (QED) is 0.535. The van der Waals surface area contributed by atoms with Gasteiger partial charge in [0.2, 0.25) is 5.91 Å². The molecule has 2 atom stereocenters. The Balaban J connectivity index is 1.66. The average molecular weight is 396 g/mol. The van der Waals surface area contributed by atoms with Crippen LogP contribution in [-0.4, -0.2) is 76.0 Å². The van der Waals surface area contributed by atoms with E-state index in [0.29, 0.717) is 32.4 Å². The Morgan fingerprint density at radius 3 is 2.24 bits per heavy atom. The SMILES string of the molecule is CCC(=O)N(CCCCCOC1CCS(=O)(=O)C1)C1CCS(=O)(=O)C1. The number of carbonyl (C=O) groups excluding carboxylic acids is 1. The third-order valence-electron chi connectivity index (χ3n) is 4.86. The van der Waals surface area contributed by atoms with Crippen LogP contribution in [0.1, 0.15) is 45.4 Å². The van der Waals surface area contributed by atoms with Crippen molar-refractivity contribution in [2.24, 2.45) is 0 Å². The first-order valence-corrected chi connectivity index (χ1v) is 12.7. The van der Waals surface area contributed by atoms with Crippen molar-refractivity contribution < 1.29 is 26.4 Å². The third kappa shape index (κ3) is 6.53. The molecule has 2 aliphatic rings. The first-order chi connectivity index (χ1) is 11.7. The molecule has 0 aromatic rings. The molecule has 7 nitrogen and oxygen atoms in total. The molecule has 2 aliphatic heterocycles. The lowest BCUT2D eigenvalue weighted by molar-refractivity contribution is -0.132. The first kappa shape index (κ1) is 20.6. The molecule has 0 spiro atoms. The van der Waals surface area contributed by atoms with Crippen LogP contribution in [0, 0.1) is 0 Å². The molecule has 146 valence electrons. The summed E-state index contributed by atoms with van der Waals surface area (Å²) in [4.78, 5) is 13.8. The van der Waals surface area contributed by atoms with Crippen LogP contribution in [0.2, 0.25) is 0 Å². The molecule has 2 heterocycles. The molecule has 9 heteroatoms. The van der Waals surface area contributed by atoms with Crippen molar-refractivity contribution in [2.45, 2.75) is 57.6 Å². The number of nitrogens with zero attached hydrogens (tertiary/aromatic N) is 1. The molecular formula is C16H29NO6S2. The number of hydrogen-bond donors (Lipinski definition) is 0. The Kier molecular flexibility index (Phi) is 7.28. The van der Waals surface area contributed by atoms with Crippen molar-refractivity contribution >= 4 is 25.6 Å². The van der Waals surface area contributed by atoms with Gasteiger partial charge in [0.15, 0.2) is 19.7 Å². The zero-order valence-electron chi connectivity index (χ0n) is 14.9. The summed E-state index contributed by atoms with van der Waals surface area (Å²) >= 11 is 0. The van der Waals surface area contributed by atoms with E-state index in [9.17, 15) is 21.6 Å². The Hall–Kier alpha value is -0.670.